The van der Waals surface area contributed by atoms with Gasteiger partial charge >= 0.3 is 0 Å². The Hall–Kier alpha value is -1.68. The van der Waals surface area contributed by atoms with Gasteiger partial charge in [0.05, 0.1) is 0 Å². The van der Waals surface area contributed by atoms with E-state index in [2.05, 4.69) is 44.3 Å². The highest BCUT2D eigenvalue weighted by molar-refractivity contribution is 5.33. The molecule has 1 aliphatic rings. The molecule has 4 nitrogen and oxygen atoms in total. The first-order valence-corrected chi connectivity index (χ1v) is 7.01. The highest BCUT2D eigenvalue weighted by Crippen LogP contribution is 2.19. The average Bonchev–Trinajstić information content (AvgIpc) is 2.82. The van der Waals surface area contributed by atoms with Crippen LogP contribution in [-0.4, -0.2) is 27.9 Å². The maximum Gasteiger partial charge on any atom is 0.137 e. The lowest BCUT2D eigenvalue weighted by Gasteiger charge is -2.22. The number of nitrogens with one attached hydrogen (secondary N) is 1. The van der Waals surface area contributed by atoms with E-state index < -0.39 is 0 Å². The van der Waals surface area contributed by atoms with E-state index >= 15 is 0 Å². The van der Waals surface area contributed by atoms with Gasteiger partial charge in [-0.2, -0.15) is 0 Å². The van der Waals surface area contributed by atoms with Gasteiger partial charge in [-0.15, -0.1) is 10.2 Å². The van der Waals surface area contributed by atoms with Crippen molar-refractivity contribution in [3.05, 3.63) is 42.0 Å². The molecule has 2 heterocycles. The fourth-order valence-electron chi connectivity index (χ4n) is 2.81. The van der Waals surface area contributed by atoms with Crippen LogP contribution in [0.5, 0.6) is 0 Å². The molecular weight excluding hydrogens is 236 g/mol. The Balaban J connectivity index is 1.86. The monoisotopic (exact) mass is 256 g/mol. The highest BCUT2D eigenvalue weighted by Gasteiger charge is 2.18. The minimum absolute atomic E-state index is 0.680. The fourth-order valence-corrected chi connectivity index (χ4v) is 2.81. The first-order chi connectivity index (χ1) is 9.34. The summed E-state index contributed by atoms with van der Waals surface area (Å²) < 4.78 is 2.18. The topological polar surface area (TPSA) is 42.7 Å². The zero-order valence-corrected chi connectivity index (χ0v) is 11.3. The summed E-state index contributed by atoms with van der Waals surface area (Å²) in [5, 5.41) is 12.1. The van der Waals surface area contributed by atoms with E-state index in [1.807, 2.05) is 13.0 Å². The van der Waals surface area contributed by atoms with Crippen molar-refractivity contribution >= 4 is 0 Å². The Kier molecular flexibility index (Phi) is 3.60. The molecule has 1 atom stereocenters. The number of benzene rings is 1. The molecule has 1 aromatic carbocycles. The molecule has 0 radical (unpaired) electrons. The van der Waals surface area contributed by atoms with E-state index in [0.29, 0.717) is 5.92 Å². The van der Waals surface area contributed by atoms with Crippen LogP contribution in [0.15, 0.2) is 30.3 Å². The van der Waals surface area contributed by atoms with Crippen LogP contribution in [0.1, 0.15) is 24.5 Å². The molecule has 0 bridgehead atoms. The molecule has 0 aliphatic carbocycles. The van der Waals surface area contributed by atoms with Crippen molar-refractivity contribution in [1.82, 2.24) is 20.1 Å². The number of piperidine rings is 1. The van der Waals surface area contributed by atoms with Crippen LogP contribution in [0.25, 0.3) is 5.69 Å². The third-order valence-corrected chi connectivity index (χ3v) is 3.78. The summed E-state index contributed by atoms with van der Waals surface area (Å²) in [6.45, 7) is 4.27. The molecule has 2 aromatic rings. The second-order valence-electron chi connectivity index (χ2n) is 5.25. The van der Waals surface area contributed by atoms with Gasteiger partial charge in [0.2, 0.25) is 0 Å². The van der Waals surface area contributed by atoms with E-state index in [0.717, 1.165) is 36.8 Å². The molecule has 0 spiro atoms. The van der Waals surface area contributed by atoms with Crippen LogP contribution < -0.4 is 5.32 Å². The molecule has 3 rings (SSSR count). The van der Waals surface area contributed by atoms with Crippen LogP contribution in [-0.2, 0) is 6.42 Å². The van der Waals surface area contributed by atoms with E-state index in [1.165, 1.54) is 12.8 Å². The summed E-state index contributed by atoms with van der Waals surface area (Å²) in [6.07, 6.45) is 3.56. The van der Waals surface area contributed by atoms with Crippen LogP contribution in [0, 0.1) is 12.8 Å². The van der Waals surface area contributed by atoms with Gasteiger partial charge in [0.1, 0.15) is 11.6 Å². The van der Waals surface area contributed by atoms with Crippen LogP contribution in [0.4, 0.5) is 0 Å². The minimum atomic E-state index is 0.680. The van der Waals surface area contributed by atoms with Crippen molar-refractivity contribution in [2.24, 2.45) is 5.92 Å². The average molecular weight is 256 g/mol. The second kappa shape index (κ2) is 5.53. The van der Waals surface area contributed by atoms with Crippen molar-refractivity contribution in [3.8, 4) is 5.69 Å². The number of hydrogen-bond acceptors (Lipinski definition) is 3. The van der Waals surface area contributed by atoms with Crippen molar-refractivity contribution in [2.75, 3.05) is 13.1 Å². The van der Waals surface area contributed by atoms with Gasteiger partial charge in [0.25, 0.3) is 0 Å². The lowest BCUT2D eigenvalue weighted by Crippen LogP contribution is -2.31. The third-order valence-electron chi connectivity index (χ3n) is 3.78. The Labute approximate surface area is 113 Å². The van der Waals surface area contributed by atoms with Crippen LogP contribution >= 0.6 is 0 Å². The summed E-state index contributed by atoms with van der Waals surface area (Å²) in [5.41, 5.74) is 1.16. The van der Waals surface area contributed by atoms with Gasteiger partial charge < -0.3 is 5.32 Å². The molecule has 1 unspecified atom stereocenters. The van der Waals surface area contributed by atoms with E-state index in [4.69, 9.17) is 0 Å². The Morgan fingerprint density at radius 3 is 2.84 bits per heavy atom. The highest BCUT2D eigenvalue weighted by atomic mass is 15.3. The van der Waals surface area contributed by atoms with Gasteiger partial charge in [0, 0.05) is 12.1 Å². The molecule has 1 saturated heterocycles. The molecule has 1 aromatic heterocycles. The molecule has 1 N–H and O–H groups in total. The summed E-state index contributed by atoms with van der Waals surface area (Å²) in [5.74, 6) is 2.72. The maximum absolute atomic E-state index is 4.37. The lowest BCUT2D eigenvalue weighted by atomic mass is 9.96. The van der Waals surface area contributed by atoms with Crippen molar-refractivity contribution < 1.29 is 0 Å². The molecule has 0 amide bonds. The summed E-state index contributed by atoms with van der Waals surface area (Å²) >= 11 is 0. The number of nitrogens with zero attached hydrogens (tertiary/aromatic N) is 3. The Bertz CT molecular complexity index is 526. The van der Waals surface area contributed by atoms with E-state index in [9.17, 15) is 0 Å². The molecule has 19 heavy (non-hydrogen) atoms. The number of rotatable bonds is 3. The predicted molar refractivity (Wildman–Crippen MR) is 75.4 cm³/mol. The van der Waals surface area contributed by atoms with Crippen molar-refractivity contribution in [3.63, 3.8) is 0 Å². The minimum Gasteiger partial charge on any atom is -0.316 e. The first-order valence-electron chi connectivity index (χ1n) is 7.01. The normalized spacial score (nSPS) is 19.5. The van der Waals surface area contributed by atoms with Gasteiger partial charge in [0.15, 0.2) is 0 Å². The zero-order chi connectivity index (χ0) is 13.1. The lowest BCUT2D eigenvalue weighted by molar-refractivity contribution is 0.369. The van der Waals surface area contributed by atoms with Crippen LogP contribution in [0.3, 0.4) is 0 Å². The van der Waals surface area contributed by atoms with E-state index in [-0.39, 0.29) is 0 Å². The Morgan fingerprint density at radius 2 is 2.11 bits per heavy atom. The van der Waals surface area contributed by atoms with Crippen molar-refractivity contribution in [1.29, 1.82) is 0 Å². The standard InChI is InChI=1S/C15H20N4/c1-12-17-18-15(10-13-6-5-9-16-11-13)19(12)14-7-3-2-4-8-14/h2-4,7-8,13,16H,5-6,9-11H2,1H3. The zero-order valence-electron chi connectivity index (χ0n) is 11.3. The largest absolute Gasteiger partial charge is 0.316 e. The number of aromatic nitrogens is 3. The van der Waals surface area contributed by atoms with Gasteiger partial charge in [-0.05, 0) is 50.9 Å². The second-order valence-corrected chi connectivity index (χ2v) is 5.25. The first kappa shape index (κ1) is 12.4. The molecule has 1 aliphatic heterocycles. The molecule has 4 heteroatoms. The van der Waals surface area contributed by atoms with Gasteiger partial charge in [-0.1, -0.05) is 18.2 Å². The molecule has 0 saturated carbocycles. The van der Waals surface area contributed by atoms with Crippen LogP contribution in [0.2, 0.25) is 0 Å². The Morgan fingerprint density at radius 1 is 1.26 bits per heavy atom. The number of hydrogen-bond donors (Lipinski definition) is 1. The molecular formula is C15H20N4. The SMILES string of the molecule is Cc1nnc(CC2CCCNC2)n1-c1ccccc1. The predicted octanol–water partition coefficient (Wildman–Crippen LogP) is 2.12. The van der Waals surface area contributed by atoms with Gasteiger partial charge in [-0.3, -0.25) is 4.57 Å². The number of para-hydroxylation sites is 1. The van der Waals surface area contributed by atoms with Crippen molar-refractivity contribution in [2.45, 2.75) is 26.2 Å². The third kappa shape index (κ3) is 2.68. The summed E-state index contributed by atoms with van der Waals surface area (Å²) in [6, 6.07) is 10.4. The fraction of sp³-hybridized carbons (Fsp3) is 0.467. The smallest absolute Gasteiger partial charge is 0.137 e. The van der Waals surface area contributed by atoms with E-state index in [1.54, 1.807) is 0 Å². The summed E-state index contributed by atoms with van der Waals surface area (Å²) in [7, 11) is 0. The maximum atomic E-state index is 4.37. The number of aryl methyl sites for hydroxylation is 1. The summed E-state index contributed by atoms with van der Waals surface area (Å²) in [4.78, 5) is 0. The molecule has 1 fully saturated rings. The quantitative estimate of drug-likeness (QED) is 0.914. The molecule has 100 valence electrons. The van der Waals surface area contributed by atoms with Gasteiger partial charge in [-0.25, -0.2) is 0 Å².